The van der Waals surface area contributed by atoms with Gasteiger partial charge in [-0.1, -0.05) is 45.4 Å². The minimum Gasteiger partial charge on any atom is -0.309 e. The third kappa shape index (κ3) is 3.04. The van der Waals surface area contributed by atoms with E-state index in [0.717, 1.165) is 18.7 Å². The number of nitrogens with zero attached hydrogens (tertiary/aromatic N) is 2. The maximum absolute atomic E-state index is 4.48. The van der Waals surface area contributed by atoms with Gasteiger partial charge >= 0.3 is 0 Å². The molecule has 0 aliphatic rings. The lowest BCUT2D eigenvalue weighted by Gasteiger charge is -2.24. The van der Waals surface area contributed by atoms with Crippen LogP contribution in [0.2, 0.25) is 0 Å². The van der Waals surface area contributed by atoms with Crippen molar-refractivity contribution in [1.82, 2.24) is 15.1 Å². The first kappa shape index (κ1) is 13.8. The Morgan fingerprint density at radius 2 is 1.89 bits per heavy atom. The quantitative estimate of drug-likeness (QED) is 0.857. The van der Waals surface area contributed by atoms with E-state index in [-0.39, 0.29) is 0 Å². The molecule has 0 saturated heterocycles. The lowest BCUT2D eigenvalue weighted by molar-refractivity contribution is 0.370. The molecule has 2 unspecified atom stereocenters. The van der Waals surface area contributed by atoms with Crippen LogP contribution in [0.25, 0.3) is 5.69 Å². The summed E-state index contributed by atoms with van der Waals surface area (Å²) in [5.41, 5.74) is 2.36. The van der Waals surface area contributed by atoms with Crippen LogP contribution in [-0.2, 0) is 0 Å². The monoisotopic (exact) mass is 257 g/mol. The molecule has 2 atom stereocenters. The van der Waals surface area contributed by atoms with Crippen molar-refractivity contribution >= 4 is 0 Å². The summed E-state index contributed by atoms with van der Waals surface area (Å²) in [6.07, 6.45) is 3.03. The summed E-state index contributed by atoms with van der Waals surface area (Å²) in [7, 11) is 0. The first-order valence-corrected chi connectivity index (χ1v) is 7.10. The van der Waals surface area contributed by atoms with Gasteiger partial charge in [-0.2, -0.15) is 5.10 Å². The average Bonchev–Trinajstić information content (AvgIpc) is 2.94. The second-order valence-electron chi connectivity index (χ2n) is 4.92. The number of benzene rings is 1. The van der Waals surface area contributed by atoms with E-state index in [1.54, 1.807) is 0 Å². The third-order valence-electron chi connectivity index (χ3n) is 3.63. The van der Waals surface area contributed by atoms with Crippen LogP contribution in [0.1, 0.15) is 38.9 Å². The zero-order valence-corrected chi connectivity index (χ0v) is 12.0. The smallest absolute Gasteiger partial charge is 0.0649 e. The van der Waals surface area contributed by atoms with E-state index >= 15 is 0 Å². The minimum atomic E-state index is 0.345. The van der Waals surface area contributed by atoms with Gasteiger partial charge < -0.3 is 5.32 Å². The molecule has 102 valence electrons. The number of aromatic nitrogens is 2. The van der Waals surface area contributed by atoms with Gasteiger partial charge in [-0.3, -0.25) is 0 Å². The van der Waals surface area contributed by atoms with Gasteiger partial charge in [-0.15, -0.1) is 0 Å². The van der Waals surface area contributed by atoms with Crippen LogP contribution in [0.4, 0.5) is 0 Å². The van der Waals surface area contributed by atoms with Gasteiger partial charge in [0.05, 0.1) is 17.4 Å². The normalized spacial score (nSPS) is 14.3. The second kappa shape index (κ2) is 6.53. The molecule has 0 amide bonds. The molecule has 1 aromatic heterocycles. The molecule has 1 heterocycles. The highest BCUT2D eigenvalue weighted by atomic mass is 15.3. The van der Waals surface area contributed by atoms with Crippen molar-refractivity contribution in [3.63, 3.8) is 0 Å². The van der Waals surface area contributed by atoms with Gasteiger partial charge in [-0.05, 0) is 30.7 Å². The second-order valence-corrected chi connectivity index (χ2v) is 4.92. The van der Waals surface area contributed by atoms with Crippen molar-refractivity contribution in [2.75, 3.05) is 6.54 Å². The minimum absolute atomic E-state index is 0.345. The standard InChI is InChI=1S/C16H23N3/c1-4-13(3)16(17-5-2)15-11-12-18-19(15)14-9-7-6-8-10-14/h6-13,16-17H,4-5H2,1-3H3. The van der Waals surface area contributed by atoms with Gasteiger partial charge in [0.2, 0.25) is 0 Å². The fourth-order valence-corrected chi connectivity index (χ4v) is 2.39. The molecular weight excluding hydrogens is 234 g/mol. The van der Waals surface area contributed by atoms with Crippen LogP contribution >= 0.6 is 0 Å². The summed E-state index contributed by atoms with van der Waals surface area (Å²) in [6.45, 7) is 7.64. The fourth-order valence-electron chi connectivity index (χ4n) is 2.39. The molecule has 1 N–H and O–H groups in total. The van der Waals surface area contributed by atoms with Crippen LogP contribution < -0.4 is 5.32 Å². The van der Waals surface area contributed by atoms with Crippen molar-refractivity contribution in [3.8, 4) is 5.69 Å². The highest BCUT2D eigenvalue weighted by Crippen LogP contribution is 2.25. The lowest BCUT2D eigenvalue weighted by Crippen LogP contribution is -2.28. The predicted molar refractivity (Wildman–Crippen MR) is 79.4 cm³/mol. The molecule has 3 nitrogen and oxygen atoms in total. The van der Waals surface area contributed by atoms with E-state index in [4.69, 9.17) is 0 Å². The average molecular weight is 257 g/mol. The van der Waals surface area contributed by atoms with Crippen LogP contribution in [0.3, 0.4) is 0 Å². The number of hydrogen-bond donors (Lipinski definition) is 1. The molecule has 0 spiro atoms. The molecule has 2 rings (SSSR count). The largest absolute Gasteiger partial charge is 0.309 e. The molecule has 0 bridgehead atoms. The summed E-state index contributed by atoms with van der Waals surface area (Å²) in [6, 6.07) is 12.8. The van der Waals surface area contributed by atoms with Crippen LogP contribution in [0, 0.1) is 5.92 Å². The molecule has 0 aliphatic carbocycles. The molecule has 1 aromatic carbocycles. The predicted octanol–water partition coefficient (Wildman–Crippen LogP) is 3.57. The molecule has 3 heteroatoms. The Morgan fingerprint density at radius 1 is 1.16 bits per heavy atom. The molecular formula is C16H23N3. The molecule has 0 saturated carbocycles. The van der Waals surface area contributed by atoms with Gasteiger partial charge in [0.25, 0.3) is 0 Å². The van der Waals surface area contributed by atoms with Crippen LogP contribution in [0.15, 0.2) is 42.6 Å². The Balaban J connectivity index is 2.36. The Bertz CT molecular complexity index is 490. The van der Waals surface area contributed by atoms with Crippen molar-refractivity contribution in [2.24, 2.45) is 5.92 Å². The molecule has 0 fully saturated rings. The van der Waals surface area contributed by atoms with Gasteiger partial charge in [0, 0.05) is 6.20 Å². The summed E-state index contributed by atoms with van der Waals surface area (Å²) in [5, 5.41) is 8.07. The number of hydrogen-bond acceptors (Lipinski definition) is 2. The first-order valence-electron chi connectivity index (χ1n) is 7.10. The van der Waals surface area contributed by atoms with E-state index in [9.17, 15) is 0 Å². The Morgan fingerprint density at radius 3 is 2.53 bits per heavy atom. The highest BCUT2D eigenvalue weighted by molar-refractivity contribution is 5.33. The van der Waals surface area contributed by atoms with Crippen molar-refractivity contribution in [1.29, 1.82) is 0 Å². The molecule has 19 heavy (non-hydrogen) atoms. The van der Waals surface area contributed by atoms with E-state index in [2.05, 4.69) is 49.4 Å². The number of rotatable bonds is 6. The Kier molecular flexibility index (Phi) is 4.74. The first-order chi connectivity index (χ1) is 9.27. The van der Waals surface area contributed by atoms with E-state index in [1.165, 1.54) is 5.69 Å². The van der Waals surface area contributed by atoms with Crippen LogP contribution in [-0.4, -0.2) is 16.3 Å². The topological polar surface area (TPSA) is 29.9 Å². The van der Waals surface area contributed by atoms with E-state index < -0.39 is 0 Å². The van der Waals surface area contributed by atoms with E-state index in [0.29, 0.717) is 12.0 Å². The van der Waals surface area contributed by atoms with Crippen LogP contribution in [0.5, 0.6) is 0 Å². The zero-order valence-electron chi connectivity index (χ0n) is 12.0. The van der Waals surface area contributed by atoms with Gasteiger partial charge in [-0.25, -0.2) is 4.68 Å². The van der Waals surface area contributed by atoms with Gasteiger partial charge in [0.15, 0.2) is 0 Å². The highest BCUT2D eigenvalue weighted by Gasteiger charge is 2.21. The molecule has 0 aliphatic heterocycles. The summed E-state index contributed by atoms with van der Waals surface area (Å²) < 4.78 is 2.04. The van der Waals surface area contributed by atoms with Crippen molar-refractivity contribution in [2.45, 2.75) is 33.2 Å². The summed E-state index contributed by atoms with van der Waals surface area (Å²) in [4.78, 5) is 0. The molecule has 2 aromatic rings. The SMILES string of the molecule is CCNC(c1ccnn1-c1ccccc1)C(C)CC. The summed E-state index contributed by atoms with van der Waals surface area (Å²) >= 11 is 0. The lowest BCUT2D eigenvalue weighted by atomic mass is 9.96. The van der Waals surface area contributed by atoms with Gasteiger partial charge in [0.1, 0.15) is 0 Å². The maximum atomic E-state index is 4.48. The summed E-state index contributed by atoms with van der Waals surface area (Å²) in [5.74, 6) is 0.583. The fraction of sp³-hybridized carbons (Fsp3) is 0.438. The Labute approximate surface area is 115 Å². The third-order valence-corrected chi connectivity index (χ3v) is 3.63. The maximum Gasteiger partial charge on any atom is 0.0649 e. The van der Waals surface area contributed by atoms with Crippen molar-refractivity contribution < 1.29 is 0 Å². The number of para-hydroxylation sites is 1. The zero-order chi connectivity index (χ0) is 13.7. The molecule has 0 radical (unpaired) electrons. The van der Waals surface area contributed by atoms with E-state index in [1.807, 2.05) is 29.1 Å². The Hall–Kier alpha value is -1.61. The van der Waals surface area contributed by atoms with Crippen molar-refractivity contribution in [3.05, 3.63) is 48.3 Å². The number of nitrogens with one attached hydrogen (secondary N) is 1.